The van der Waals surface area contributed by atoms with Crippen molar-refractivity contribution < 1.29 is 28.1 Å². The molecule has 3 unspecified atom stereocenters. The molecular weight excluding hydrogens is 278 g/mol. The minimum absolute atomic E-state index is 0.104. The third-order valence-electron chi connectivity index (χ3n) is 2.90. The second-order valence-electron chi connectivity index (χ2n) is 4.61. The lowest BCUT2D eigenvalue weighted by molar-refractivity contribution is 0.251. The highest BCUT2D eigenvalue weighted by Crippen LogP contribution is 2.62. The molecule has 0 spiro atoms. The van der Waals surface area contributed by atoms with Crippen LogP contribution in [0.3, 0.4) is 0 Å². The van der Waals surface area contributed by atoms with Crippen molar-refractivity contribution in [2.75, 3.05) is 0 Å². The summed E-state index contributed by atoms with van der Waals surface area (Å²) in [6.07, 6.45) is 3.71. The van der Waals surface area contributed by atoms with Gasteiger partial charge in [-0.2, -0.15) is 0 Å². The average molecular weight is 302 g/mol. The predicted octanol–water partition coefficient (Wildman–Crippen LogP) is 3.28. The third kappa shape index (κ3) is 7.03. The van der Waals surface area contributed by atoms with Gasteiger partial charge in [-0.15, -0.1) is 0 Å². The molecule has 3 atom stereocenters. The molecule has 0 aliphatic heterocycles. The third-order valence-corrected chi connectivity index (χ3v) is 6.29. The van der Waals surface area contributed by atoms with Crippen LogP contribution in [-0.4, -0.2) is 20.3 Å². The standard InChI is InChI=1S/C10H24O6P2/c1-4-6-8-9(3)10(7-5-2)17(11,12)16-18(13,14)15/h9-10H,4-8H2,1-3H3,(H,11,12)(H2,13,14,15). The molecule has 0 bridgehead atoms. The Morgan fingerprint density at radius 3 is 2.00 bits per heavy atom. The van der Waals surface area contributed by atoms with Crippen LogP contribution in [0.15, 0.2) is 0 Å². The maximum atomic E-state index is 12.0. The minimum atomic E-state index is -4.94. The van der Waals surface area contributed by atoms with Crippen molar-refractivity contribution in [3.63, 3.8) is 0 Å². The van der Waals surface area contributed by atoms with Gasteiger partial charge in [0.05, 0.1) is 5.66 Å². The molecule has 0 rings (SSSR count). The van der Waals surface area contributed by atoms with Gasteiger partial charge < -0.3 is 14.7 Å². The molecule has 110 valence electrons. The average Bonchev–Trinajstić information content (AvgIpc) is 2.18. The number of unbranched alkanes of at least 4 members (excludes halogenated alkanes) is 1. The maximum Gasteiger partial charge on any atom is 0.476 e. The Bertz CT molecular complexity index is 326. The SMILES string of the molecule is CCCCC(C)C(CCC)P(=O)(O)OP(=O)(O)O. The van der Waals surface area contributed by atoms with E-state index in [9.17, 15) is 14.0 Å². The van der Waals surface area contributed by atoms with Gasteiger partial charge in [0, 0.05) is 0 Å². The first-order valence-corrected chi connectivity index (χ1v) is 9.41. The summed E-state index contributed by atoms with van der Waals surface area (Å²) >= 11 is 0. The number of hydrogen-bond acceptors (Lipinski definition) is 3. The molecule has 0 aliphatic rings. The van der Waals surface area contributed by atoms with Crippen LogP contribution in [0, 0.1) is 5.92 Å². The quantitative estimate of drug-likeness (QED) is 0.565. The van der Waals surface area contributed by atoms with E-state index in [1.807, 2.05) is 20.8 Å². The second-order valence-corrected chi connectivity index (χ2v) is 8.04. The van der Waals surface area contributed by atoms with Crippen molar-refractivity contribution in [1.29, 1.82) is 0 Å². The highest BCUT2D eigenvalue weighted by atomic mass is 31.3. The molecular formula is C10H24O6P2. The van der Waals surface area contributed by atoms with Crippen molar-refractivity contribution in [3.8, 4) is 0 Å². The van der Waals surface area contributed by atoms with Crippen LogP contribution < -0.4 is 0 Å². The number of rotatable bonds is 9. The molecule has 0 amide bonds. The van der Waals surface area contributed by atoms with Gasteiger partial charge in [0.15, 0.2) is 0 Å². The molecule has 0 saturated carbocycles. The van der Waals surface area contributed by atoms with E-state index in [-0.39, 0.29) is 5.92 Å². The van der Waals surface area contributed by atoms with Crippen molar-refractivity contribution in [2.24, 2.45) is 5.92 Å². The van der Waals surface area contributed by atoms with E-state index < -0.39 is 21.1 Å². The monoisotopic (exact) mass is 302 g/mol. The Labute approximate surface area is 109 Å². The molecule has 0 heterocycles. The van der Waals surface area contributed by atoms with Crippen LogP contribution in [-0.2, 0) is 13.4 Å². The number of phosphoric acid groups is 1. The normalized spacial score (nSPS) is 19.2. The molecule has 0 radical (unpaired) electrons. The smallest absolute Gasteiger partial charge is 0.324 e. The Hall–Kier alpha value is 0.300. The molecule has 0 fully saturated rings. The molecule has 8 heteroatoms. The summed E-state index contributed by atoms with van der Waals surface area (Å²) < 4.78 is 26.8. The van der Waals surface area contributed by atoms with Crippen LogP contribution in [0.4, 0.5) is 0 Å². The summed E-state index contributed by atoms with van der Waals surface area (Å²) in [5.74, 6) is -0.104. The van der Waals surface area contributed by atoms with Crippen LogP contribution in [0.25, 0.3) is 0 Å². The second kappa shape index (κ2) is 7.78. The zero-order chi connectivity index (χ0) is 14.4. The van der Waals surface area contributed by atoms with Gasteiger partial charge in [0.2, 0.25) is 0 Å². The van der Waals surface area contributed by atoms with E-state index >= 15 is 0 Å². The highest BCUT2D eigenvalue weighted by molar-refractivity contribution is 7.64. The Kier molecular flexibility index (Phi) is 7.91. The number of hydrogen-bond donors (Lipinski definition) is 3. The van der Waals surface area contributed by atoms with E-state index in [1.54, 1.807) is 0 Å². The van der Waals surface area contributed by atoms with Gasteiger partial charge in [-0.25, -0.2) is 8.88 Å². The van der Waals surface area contributed by atoms with E-state index in [1.165, 1.54) is 0 Å². The first-order valence-electron chi connectivity index (χ1n) is 6.23. The lowest BCUT2D eigenvalue weighted by Crippen LogP contribution is -2.19. The van der Waals surface area contributed by atoms with E-state index in [0.717, 1.165) is 19.3 Å². The van der Waals surface area contributed by atoms with Crippen LogP contribution in [0.2, 0.25) is 0 Å². The fourth-order valence-corrected chi connectivity index (χ4v) is 5.08. The molecule has 3 N–H and O–H groups in total. The van der Waals surface area contributed by atoms with Gasteiger partial charge in [0.25, 0.3) is 0 Å². The highest BCUT2D eigenvalue weighted by Gasteiger charge is 2.40. The summed E-state index contributed by atoms with van der Waals surface area (Å²) in [7, 11) is -9.24. The summed E-state index contributed by atoms with van der Waals surface area (Å²) in [5, 5.41) is 0. The van der Waals surface area contributed by atoms with Crippen molar-refractivity contribution in [1.82, 2.24) is 0 Å². The summed E-state index contributed by atoms with van der Waals surface area (Å²) in [4.78, 5) is 27.1. The van der Waals surface area contributed by atoms with Gasteiger partial charge in [-0.3, -0.25) is 4.57 Å². The van der Waals surface area contributed by atoms with Gasteiger partial charge in [-0.05, 0) is 18.8 Å². The fourth-order valence-electron chi connectivity index (χ4n) is 2.00. The topological polar surface area (TPSA) is 104 Å². The molecule has 0 aromatic rings. The van der Waals surface area contributed by atoms with Crippen molar-refractivity contribution in [2.45, 2.75) is 58.5 Å². The van der Waals surface area contributed by atoms with Crippen LogP contribution in [0.1, 0.15) is 52.9 Å². The van der Waals surface area contributed by atoms with Gasteiger partial charge in [-0.1, -0.05) is 40.0 Å². The van der Waals surface area contributed by atoms with Crippen LogP contribution >= 0.6 is 15.4 Å². The zero-order valence-electron chi connectivity index (χ0n) is 11.2. The van der Waals surface area contributed by atoms with Crippen molar-refractivity contribution in [3.05, 3.63) is 0 Å². The van der Waals surface area contributed by atoms with Gasteiger partial charge >= 0.3 is 15.4 Å². The van der Waals surface area contributed by atoms with E-state index in [4.69, 9.17) is 9.79 Å². The molecule has 18 heavy (non-hydrogen) atoms. The molecule has 6 nitrogen and oxygen atoms in total. The molecule has 0 aliphatic carbocycles. The Morgan fingerprint density at radius 2 is 1.61 bits per heavy atom. The largest absolute Gasteiger partial charge is 0.476 e. The molecule has 0 saturated heterocycles. The minimum Gasteiger partial charge on any atom is -0.324 e. The zero-order valence-corrected chi connectivity index (χ0v) is 12.9. The lowest BCUT2D eigenvalue weighted by Gasteiger charge is -2.27. The van der Waals surface area contributed by atoms with Crippen LogP contribution in [0.5, 0.6) is 0 Å². The Balaban J connectivity index is 4.85. The van der Waals surface area contributed by atoms with Crippen molar-refractivity contribution >= 4 is 15.4 Å². The van der Waals surface area contributed by atoms with E-state index in [2.05, 4.69) is 4.31 Å². The Morgan fingerprint density at radius 1 is 1.06 bits per heavy atom. The maximum absolute atomic E-state index is 12.0. The molecule has 0 aromatic carbocycles. The van der Waals surface area contributed by atoms with Gasteiger partial charge in [0.1, 0.15) is 0 Å². The summed E-state index contributed by atoms with van der Waals surface area (Å²) in [5.41, 5.74) is -0.721. The van der Waals surface area contributed by atoms with E-state index in [0.29, 0.717) is 12.8 Å². The fraction of sp³-hybridized carbons (Fsp3) is 1.00. The summed E-state index contributed by atoms with van der Waals surface area (Å²) in [6, 6.07) is 0. The first-order chi connectivity index (χ1) is 8.14. The summed E-state index contributed by atoms with van der Waals surface area (Å²) in [6.45, 7) is 5.70. The molecule has 0 aromatic heterocycles. The first kappa shape index (κ1) is 18.3. The lowest BCUT2D eigenvalue weighted by atomic mass is 9.97. The predicted molar refractivity (Wildman–Crippen MR) is 70.3 cm³/mol.